The van der Waals surface area contributed by atoms with E-state index in [4.69, 9.17) is 56.4 Å². The Morgan fingerprint density at radius 1 is 1.02 bits per heavy atom. The molecule has 19 heteroatoms. The van der Waals surface area contributed by atoms with E-state index in [0.717, 1.165) is 6.07 Å². The molecule has 1 aromatic heterocycles. The molecule has 1 saturated heterocycles. The standard InChI is InChI=1S/C31H33Cl2N3O13S/c1-18-31(41,19-6-4-7-20(32)12-19)49-16-30(2,3)36(18)29(40)48-17-47-28(39)27(38)46-11-10-45-26(37)22-13-25(50(34,42)43)23(33)14-24(22)35-15-21-8-5-9-44-21/h4-9,12-14,18,35,41H,10-11,15-17H2,1-3H3,(H2,34,42,43)/t18-,31+/m0/s1. The van der Waals surface area contributed by atoms with Gasteiger partial charge >= 0.3 is 24.0 Å². The van der Waals surface area contributed by atoms with Gasteiger partial charge < -0.3 is 38.5 Å². The van der Waals surface area contributed by atoms with Crippen LogP contribution in [-0.4, -0.2) is 80.6 Å². The van der Waals surface area contributed by atoms with Crippen molar-refractivity contribution in [3.63, 3.8) is 0 Å². The van der Waals surface area contributed by atoms with E-state index in [-0.39, 0.29) is 29.4 Å². The molecule has 50 heavy (non-hydrogen) atoms. The summed E-state index contributed by atoms with van der Waals surface area (Å²) >= 11 is 12.1. The van der Waals surface area contributed by atoms with Crippen molar-refractivity contribution < 1.29 is 60.8 Å². The van der Waals surface area contributed by atoms with E-state index in [2.05, 4.69) is 5.32 Å². The highest BCUT2D eigenvalue weighted by Gasteiger charge is 2.53. The summed E-state index contributed by atoms with van der Waals surface area (Å²) in [7, 11) is -4.32. The summed E-state index contributed by atoms with van der Waals surface area (Å²) in [4.78, 5) is 50.9. The average molecular weight is 759 g/mol. The predicted octanol–water partition coefficient (Wildman–Crippen LogP) is 3.53. The van der Waals surface area contributed by atoms with Gasteiger partial charge in [-0.05, 0) is 57.2 Å². The normalized spacial score (nSPS) is 18.5. The maximum absolute atomic E-state index is 13.1. The first-order valence-corrected chi connectivity index (χ1v) is 17.0. The lowest BCUT2D eigenvalue weighted by atomic mass is 9.90. The molecule has 1 amide bonds. The highest BCUT2D eigenvalue weighted by Crippen LogP contribution is 2.40. The topological polar surface area (TPSA) is 223 Å². The molecule has 2 aromatic carbocycles. The van der Waals surface area contributed by atoms with Crippen molar-refractivity contribution in [1.29, 1.82) is 0 Å². The van der Waals surface area contributed by atoms with Gasteiger partial charge in [0.1, 0.15) is 23.9 Å². The second-order valence-electron chi connectivity index (χ2n) is 11.4. The number of rotatable bonds is 11. The van der Waals surface area contributed by atoms with Gasteiger partial charge in [-0.2, -0.15) is 0 Å². The van der Waals surface area contributed by atoms with Crippen LogP contribution in [0.15, 0.2) is 64.1 Å². The smallest absolute Gasteiger partial charge is 0.420 e. The molecule has 0 radical (unpaired) electrons. The lowest BCUT2D eigenvalue weighted by Gasteiger charge is -2.52. The molecule has 4 rings (SSSR count). The number of aliphatic hydroxyl groups is 1. The van der Waals surface area contributed by atoms with E-state index in [0.29, 0.717) is 16.3 Å². The fourth-order valence-electron chi connectivity index (χ4n) is 4.97. The van der Waals surface area contributed by atoms with Crippen LogP contribution in [0.2, 0.25) is 10.0 Å². The Morgan fingerprint density at radius 2 is 1.72 bits per heavy atom. The first-order chi connectivity index (χ1) is 23.4. The Morgan fingerprint density at radius 3 is 2.38 bits per heavy atom. The number of nitrogens with zero attached hydrogens (tertiary/aromatic N) is 1. The van der Waals surface area contributed by atoms with Crippen molar-refractivity contribution >= 4 is 62.9 Å². The van der Waals surface area contributed by atoms with Crippen LogP contribution in [0.1, 0.15) is 42.5 Å². The first kappa shape index (κ1) is 38.4. The number of nitrogens with two attached hydrogens (primary N) is 1. The Balaban J connectivity index is 1.28. The molecule has 0 bridgehead atoms. The molecule has 0 aliphatic carbocycles. The van der Waals surface area contributed by atoms with Gasteiger partial charge in [-0.3, -0.25) is 4.90 Å². The monoisotopic (exact) mass is 757 g/mol. The summed E-state index contributed by atoms with van der Waals surface area (Å²) in [6, 6.07) is 10.7. The van der Waals surface area contributed by atoms with E-state index in [1.807, 2.05) is 0 Å². The van der Waals surface area contributed by atoms with Crippen LogP contribution in [-0.2, 0) is 55.6 Å². The molecule has 2 atom stereocenters. The number of esters is 3. The number of amides is 1. The summed E-state index contributed by atoms with van der Waals surface area (Å²) in [6.07, 6.45) is 0.453. The summed E-state index contributed by atoms with van der Waals surface area (Å²) < 4.78 is 54.5. The summed E-state index contributed by atoms with van der Waals surface area (Å²) in [6.45, 7) is 2.73. The van der Waals surface area contributed by atoms with Crippen molar-refractivity contribution in [3.8, 4) is 0 Å². The van der Waals surface area contributed by atoms with Crippen molar-refractivity contribution in [2.75, 3.05) is 31.9 Å². The maximum atomic E-state index is 13.1. The van der Waals surface area contributed by atoms with Crippen LogP contribution in [0.3, 0.4) is 0 Å². The summed E-state index contributed by atoms with van der Waals surface area (Å²) in [5.74, 6) is -5.50. The minimum atomic E-state index is -4.32. The zero-order valence-electron chi connectivity index (χ0n) is 26.8. The van der Waals surface area contributed by atoms with E-state index in [1.165, 1.54) is 30.2 Å². The number of furan rings is 1. The number of hydrogen-bond acceptors (Lipinski definition) is 14. The molecule has 16 nitrogen and oxygen atoms in total. The van der Waals surface area contributed by atoms with E-state index in [1.54, 1.807) is 44.2 Å². The minimum Gasteiger partial charge on any atom is -0.467 e. The zero-order valence-corrected chi connectivity index (χ0v) is 29.2. The van der Waals surface area contributed by atoms with E-state index in [9.17, 15) is 32.7 Å². The number of sulfonamides is 1. The van der Waals surface area contributed by atoms with Gasteiger partial charge in [0.05, 0.1) is 47.3 Å². The second kappa shape index (κ2) is 15.7. The van der Waals surface area contributed by atoms with Crippen LogP contribution in [0.4, 0.5) is 10.5 Å². The lowest BCUT2D eigenvalue weighted by molar-refractivity contribution is -0.295. The Bertz CT molecular complexity index is 1850. The molecular weight excluding hydrogens is 725 g/mol. The molecule has 0 unspecified atom stereocenters. The van der Waals surface area contributed by atoms with E-state index < -0.39 is 76.3 Å². The van der Waals surface area contributed by atoms with Gasteiger partial charge in [0.15, 0.2) is 0 Å². The number of hydrogen-bond donors (Lipinski definition) is 3. The number of benzene rings is 2. The molecule has 0 spiro atoms. The van der Waals surface area contributed by atoms with Gasteiger partial charge in [-0.1, -0.05) is 35.3 Å². The highest BCUT2D eigenvalue weighted by molar-refractivity contribution is 7.89. The van der Waals surface area contributed by atoms with Crippen molar-refractivity contribution in [1.82, 2.24) is 4.90 Å². The number of anilines is 1. The second-order valence-corrected chi connectivity index (χ2v) is 13.8. The number of primary sulfonamides is 1. The SMILES string of the molecule is C[C@@H]1N(C(=O)OCOC(=O)C(=O)OCCOC(=O)c2cc(S(N)(=O)=O)c(Cl)cc2NCc2ccco2)C(C)(C)CO[C@@]1(O)c1cccc(Cl)c1. The molecule has 1 aliphatic rings. The Hall–Kier alpha value is -4.39. The molecule has 3 aromatic rings. The molecule has 0 saturated carbocycles. The van der Waals surface area contributed by atoms with Gasteiger partial charge in [-0.15, -0.1) is 0 Å². The van der Waals surface area contributed by atoms with Crippen LogP contribution >= 0.6 is 23.2 Å². The van der Waals surface area contributed by atoms with Crippen molar-refractivity contribution in [2.45, 2.75) is 49.6 Å². The summed E-state index contributed by atoms with van der Waals surface area (Å²) in [5, 5.41) is 19.5. The van der Waals surface area contributed by atoms with Crippen LogP contribution in [0.5, 0.6) is 0 Å². The van der Waals surface area contributed by atoms with Crippen LogP contribution in [0, 0.1) is 0 Å². The lowest BCUT2D eigenvalue weighted by Crippen LogP contribution is -2.66. The molecular formula is C31H33Cl2N3O13S. The number of carbonyl (C=O) groups excluding carboxylic acids is 4. The number of ether oxygens (including phenoxy) is 5. The predicted molar refractivity (Wildman–Crippen MR) is 174 cm³/mol. The fraction of sp³-hybridized carbons (Fsp3) is 0.355. The average Bonchev–Trinajstić information content (AvgIpc) is 3.57. The molecule has 270 valence electrons. The van der Waals surface area contributed by atoms with Gasteiger partial charge in [0.2, 0.25) is 22.6 Å². The number of nitrogens with one attached hydrogen (secondary N) is 1. The van der Waals surface area contributed by atoms with Crippen LogP contribution in [0.25, 0.3) is 0 Å². The molecule has 1 aliphatic heterocycles. The summed E-state index contributed by atoms with van der Waals surface area (Å²) in [5.41, 5.74) is -0.845. The minimum absolute atomic E-state index is 0.0860. The molecule has 2 heterocycles. The third-order valence-corrected chi connectivity index (χ3v) is 9.02. The van der Waals surface area contributed by atoms with Gasteiger partial charge in [-0.25, -0.2) is 32.7 Å². The zero-order chi connectivity index (χ0) is 36.9. The molecule has 1 fully saturated rings. The van der Waals surface area contributed by atoms with Gasteiger partial charge in [0.25, 0.3) is 0 Å². The first-order valence-electron chi connectivity index (χ1n) is 14.7. The third-order valence-electron chi connectivity index (χ3n) is 7.41. The Labute approximate surface area is 296 Å². The molecule has 4 N–H and O–H groups in total. The Kier molecular flexibility index (Phi) is 12.0. The van der Waals surface area contributed by atoms with Gasteiger partial charge in [0, 0.05) is 10.6 Å². The van der Waals surface area contributed by atoms with Crippen LogP contribution < -0.4 is 10.5 Å². The quantitative estimate of drug-likeness (QED) is 0.0837. The fourth-order valence-corrected chi connectivity index (χ4v) is 6.26. The van der Waals surface area contributed by atoms with Crippen molar-refractivity contribution in [3.05, 3.63) is 81.7 Å². The largest absolute Gasteiger partial charge is 0.467 e. The van der Waals surface area contributed by atoms with Crippen molar-refractivity contribution in [2.24, 2.45) is 5.14 Å². The highest BCUT2D eigenvalue weighted by atomic mass is 35.5. The number of morpholine rings is 1. The maximum Gasteiger partial charge on any atom is 0.420 e. The third kappa shape index (κ3) is 9.04. The number of carbonyl (C=O) groups is 4. The van der Waals surface area contributed by atoms with E-state index >= 15 is 0 Å². The number of halogens is 2.